The molecule has 3 rings (SSSR count). The number of β-amino-alcohol motifs (C(OH)–C–C–N with tert-alkyl or cyclic N) is 1. The number of sulfonamides is 1. The van der Waals surface area contributed by atoms with E-state index < -0.39 is 15.6 Å². The van der Waals surface area contributed by atoms with Crippen molar-refractivity contribution in [3.63, 3.8) is 0 Å². The molecule has 0 spiro atoms. The third-order valence-corrected chi connectivity index (χ3v) is 6.64. The molecular formula is C16H24N2O4S. The summed E-state index contributed by atoms with van der Waals surface area (Å²) in [7, 11) is -3.55. The normalized spacial score (nSPS) is 27.4. The van der Waals surface area contributed by atoms with E-state index in [0.29, 0.717) is 37.6 Å². The number of morpholine rings is 1. The molecule has 6 nitrogen and oxygen atoms in total. The van der Waals surface area contributed by atoms with Crippen LogP contribution in [0.3, 0.4) is 0 Å². The Balaban J connectivity index is 1.72. The molecule has 0 amide bonds. The maximum atomic E-state index is 12.8. The van der Waals surface area contributed by atoms with Crippen LogP contribution in [0.15, 0.2) is 29.2 Å². The predicted octanol–water partition coefficient (Wildman–Crippen LogP) is 0.453. The van der Waals surface area contributed by atoms with Crippen molar-refractivity contribution >= 4 is 10.0 Å². The number of rotatable bonds is 4. The summed E-state index contributed by atoms with van der Waals surface area (Å²) in [6.45, 7) is 5.71. The molecule has 2 saturated heterocycles. The highest BCUT2D eigenvalue weighted by Crippen LogP contribution is 2.29. The molecule has 7 heteroatoms. The van der Waals surface area contributed by atoms with Crippen molar-refractivity contribution in [1.29, 1.82) is 0 Å². The number of nitrogens with zero attached hydrogens (tertiary/aromatic N) is 2. The lowest BCUT2D eigenvalue weighted by atomic mass is 10.0. The molecule has 0 bridgehead atoms. The fourth-order valence-corrected chi connectivity index (χ4v) is 5.06. The molecule has 1 aromatic rings. The first-order chi connectivity index (χ1) is 10.9. The second kappa shape index (κ2) is 6.49. The first kappa shape index (κ1) is 16.9. The van der Waals surface area contributed by atoms with E-state index in [2.05, 4.69) is 4.90 Å². The molecular weight excluding hydrogens is 316 g/mol. The van der Waals surface area contributed by atoms with Crippen LogP contribution in [0.2, 0.25) is 0 Å². The predicted molar refractivity (Wildman–Crippen MR) is 86.8 cm³/mol. The van der Waals surface area contributed by atoms with Gasteiger partial charge >= 0.3 is 0 Å². The van der Waals surface area contributed by atoms with E-state index in [4.69, 9.17) is 4.74 Å². The molecule has 0 unspecified atom stereocenters. The van der Waals surface area contributed by atoms with Crippen LogP contribution in [0.1, 0.15) is 12.0 Å². The van der Waals surface area contributed by atoms with Crippen molar-refractivity contribution in [3.05, 3.63) is 29.8 Å². The minimum absolute atomic E-state index is 0.154. The summed E-state index contributed by atoms with van der Waals surface area (Å²) in [6.07, 6.45) is 0.468. The third kappa shape index (κ3) is 3.59. The van der Waals surface area contributed by atoms with Crippen LogP contribution >= 0.6 is 0 Å². The maximum absolute atomic E-state index is 12.8. The molecule has 2 heterocycles. The van der Waals surface area contributed by atoms with Crippen molar-refractivity contribution in [1.82, 2.24) is 9.21 Å². The van der Waals surface area contributed by atoms with Crippen LogP contribution in [0.5, 0.6) is 0 Å². The van der Waals surface area contributed by atoms with Gasteiger partial charge in [-0.25, -0.2) is 8.42 Å². The molecule has 1 N–H and O–H groups in total. The van der Waals surface area contributed by atoms with Gasteiger partial charge in [-0.05, 0) is 25.0 Å². The third-order valence-electron chi connectivity index (χ3n) is 4.63. The summed E-state index contributed by atoms with van der Waals surface area (Å²) in [5, 5.41) is 10.8. The van der Waals surface area contributed by atoms with Crippen LogP contribution in [0.4, 0.5) is 0 Å². The Labute approximate surface area is 137 Å². The second-order valence-corrected chi connectivity index (χ2v) is 8.37. The summed E-state index contributed by atoms with van der Waals surface area (Å²) >= 11 is 0. The largest absolute Gasteiger partial charge is 0.387 e. The number of ether oxygens (including phenoxy) is 1. The SMILES string of the molecule is Cc1ccccc1S(=O)(=O)N1CC[C@@](O)(CN2CCOCC2)C1. The van der Waals surface area contributed by atoms with E-state index in [9.17, 15) is 13.5 Å². The van der Waals surface area contributed by atoms with Crippen LogP contribution < -0.4 is 0 Å². The topological polar surface area (TPSA) is 70.1 Å². The van der Waals surface area contributed by atoms with Crippen LogP contribution in [0, 0.1) is 6.92 Å². The lowest BCUT2D eigenvalue weighted by Crippen LogP contribution is -2.49. The van der Waals surface area contributed by atoms with E-state index in [0.717, 1.165) is 18.7 Å². The molecule has 0 aromatic heterocycles. The highest BCUT2D eigenvalue weighted by atomic mass is 32.2. The van der Waals surface area contributed by atoms with Gasteiger partial charge in [-0.15, -0.1) is 0 Å². The summed E-state index contributed by atoms with van der Waals surface area (Å²) in [6, 6.07) is 6.98. The van der Waals surface area contributed by atoms with Gasteiger partial charge < -0.3 is 9.84 Å². The van der Waals surface area contributed by atoms with Gasteiger partial charge in [0.25, 0.3) is 0 Å². The Morgan fingerprint density at radius 1 is 1.22 bits per heavy atom. The molecule has 1 atom stereocenters. The zero-order valence-corrected chi connectivity index (χ0v) is 14.3. The maximum Gasteiger partial charge on any atom is 0.243 e. The molecule has 23 heavy (non-hydrogen) atoms. The van der Waals surface area contributed by atoms with Crippen molar-refractivity contribution in [3.8, 4) is 0 Å². The Morgan fingerprint density at radius 3 is 2.61 bits per heavy atom. The Hall–Kier alpha value is -0.990. The Kier molecular flexibility index (Phi) is 4.75. The highest BCUT2D eigenvalue weighted by molar-refractivity contribution is 7.89. The first-order valence-electron chi connectivity index (χ1n) is 7.99. The lowest BCUT2D eigenvalue weighted by Gasteiger charge is -2.33. The number of aliphatic hydroxyl groups is 1. The van der Waals surface area contributed by atoms with Gasteiger partial charge in [0.2, 0.25) is 10.0 Å². The van der Waals surface area contributed by atoms with Gasteiger partial charge in [-0.3, -0.25) is 4.90 Å². The number of hydrogen-bond acceptors (Lipinski definition) is 5. The minimum atomic E-state index is -3.55. The van der Waals surface area contributed by atoms with E-state index >= 15 is 0 Å². The summed E-state index contributed by atoms with van der Waals surface area (Å²) in [4.78, 5) is 2.48. The molecule has 0 aliphatic carbocycles. The van der Waals surface area contributed by atoms with Gasteiger partial charge in [0.15, 0.2) is 0 Å². The van der Waals surface area contributed by atoms with Crippen LogP contribution in [0.25, 0.3) is 0 Å². The van der Waals surface area contributed by atoms with Crippen molar-refractivity contribution < 1.29 is 18.3 Å². The molecule has 2 fully saturated rings. The fraction of sp³-hybridized carbons (Fsp3) is 0.625. The Morgan fingerprint density at radius 2 is 1.91 bits per heavy atom. The average Bonchev–Trinajstić information content (AvgIpc) is 2.91. The van der Waals surface area contributed by atoms with Crippen LogP contribution in [-0.2, 0) is 14.8 Å². The van der Waals surface area contributed by atoms with Gasteiger partial charge in [-0.1, -0.05) is 18.2 Å². The lowest BCUT2D eigenvalue weighted by molar-refractivity contribution is -0.0239. The smallest absolute Gasteiger partial charge is 0.243 e. The van der Waals surface area contributed by atoms with Gasteiger partial charge in [0, 0.05) is 32.7 Å². The minimum Gasteiger partial charge on any atom is -0.387 e. The molecule has 0 saturated carbocycles. The molecule has 0 radical (unpaired) electrons. The zero-order chi connectivity index (χ0) is 16.5. The van der Waals surface area contributed by atoms with E-state index in [1.807, 2.05) is 6.07 Å². The molecule has 2 aliphatic rings. The van der Waals surface area contributed by atoms with Gasteiger partial charge in [0.05, 0.1) is 23.7 Å². The highest BCUT2D eigenvalue weighted by Gasteiger charge is 2.43. The van der Waals surface area contributed by atoms with Gasteiger partial charge in [-0.2, -0.15) is 4.31 Å². The summed E-state index contributed by atoms with van der Waals surface area (Å²) in [5.74, 6) is 0. The number of aryl methyl sites for hydroxylation is 1. The van der Waals surface area contributed by atoms with Crippen molar-refractivity contribution in [2.45, 2.75) is 23.8 Å². The quantitative estimate of drug-likeness (QED) is 0.862. The average molecular weight is 340 g/mol. The number of hydrogen-bond donors (Lipinski definition) is 1. The number of benzene rings is 1. The monoisotopic (exact) mass is 340 g/mol. The van der Waals surface area contributed by atoms with E-state index in [-0.39, 0.29) is 6.54 Å². The van der Waals surface area contributed by atoms with E-state index in [1.165, 1.54) is 4.31 Å². The second-order valence-electron chi connectivity index (χ2n) is 6.47. The summed E-state index contributed by atoms with van der Waals surface area (Å²) in [5.41, 5.74) is -0.247. The summed E-state index contributed by atoms with van der Waals surface area (Å²) < 4.78 is 32.4. The van der Waals surface area contributed by atoms with Crippen LogP contribution in [-0.4, -0.2) is 74.3 Å². The van der Waals surface area contributed by atoms with Crippen molar-refractivity contribution in [2.75, 3.05) is 45.9 Å². The molecule has 128 valence electrons. The fourth-order valence-electron chi connectivity index (χ4n) is 3.31. The van der Waals surface area contributed by atoms with Gasteiger partial charge in [0.1, 0.15) is 0 Å². The van der Waals surface area contributed by atoms with Crippen molar-refractivity contribution in [2.24, 2.45) is 0 Å². The molecule has 1 aromatic carbocycles. The molecule has 2 aliphatic heterocycles. The Bertz CT molecular complexity index is 658. The standard InChI is InChI=1S/C16H24N2O4S/c1-14-4-2-3-5-15(14)23(20,21)18-7-6-16(19,13-18)12-17-8-10-22-11-9-17/h2-5,19H,6-13H2,1H3/t16-/m1/s1. The zero-order valence-electron chi connectivity index (χ0n) is 13.4. The van der Waals surface area contributed by atoms with E-state index in [1.54, 1.807) is 25.1 Å². The first-order valence-corrected chi connectivity index (χ1v) is 9.43.